The topological polar surface area (TPSA) is 89.3 Å². The van der Waals surface area contributed by atoms with Crippen molar-refractivity contribution in [1.82, 2.24) is 0 Å². The smallest absolute Gasteiger partial charge is 0.271 e. The largest absolute Gasteiger partial charge is 0.279 e. The fourth-order valence-electron chi connectivity index (χ4n) is 1.68. The first kappa shape index (κ1) is 14.0. The predicted octanol–water partition coefficient (Wildman–Crippen LogP) is 2.70. The van der Waals surface area contributed by atoms with E-state index in [4.69, 9.17) is 0 Å². The Morgan fingerprint density at radius 3 is 2.45 bits per heavy atom. The second-order valence-electron chi connectivity index (χ2n) is 4.23. The summed E-state index contributed by atoms with van der Waals surface area (Å²) in [6.45, 7) is 1.78. The Hall–Kier alpha value is -2.41. The quantitative estimate of drug-likeness (QED) is 0.693. The van der Waals surface area contributed by atoms with Crippen molar-refractivity contribution >= 4 is 21.4 Å². The van der Waals surface area contributed by atoms with E-state index in [0.29, 0.717) is 0 Å². The number of sulfonamides is 1. The van der Waals surface area contributed by atoms with Crippen LogP contribution in [0.4, 0.5) is 11.4 Å². The van der Waals surface area contributed by atoms with Crippen molar-refractivity contribution in [3.8, 4) is 0 Å². The van der Waals surface area contributed by atoms with Crippen molar-refractivity contribution in [2.75, 3.05) is 4.72 Å². The molecule has 0 spiro atoms. The Morgan fingerprint density at radius 1 is 1.10 bits per heavy atom. The second-order valence-corrected chi connectivity index (χ2v) is 5.91. The minimum atomic E-state index is -3.75. The number of nitrogens with one attached hydrogen (secondary N) is 1. The third-order valence-corrected chi connectivity index (χ3v) is 3.99. The van der Waals surface area contributed by atoms with E-state index >= 15 is 0 Å². The summed E-state index contributed by atoms with van der Waals surface area (Å²) in [5, 5.41) is 10.7. The van der Waals surface area contributed by atoms with Crippen LogP contribution in [0.3, 0.4) is 0 Å². The first-order chi connectivity index (χ1) is 9.38. The Labute approximate surface area is 116 Å². The molecule has 1 N–H and O–H groups in total. The van der Waals surface area contributed by atoms with Gasteiger partial charge in [-0.15, -0.1) is 0 Å². The molecular formula is C13H12N2O4S. The van der Waals surface area contributed by atoms with Gasteiger partial charge in [0.15, 0.2) is 0 Å². The Balaban J connectivity index is 2.33. The first-order valence-corrected chi connectivity index (χ1v) is 7.21. The van der Waals surface area contributed by atoms with E-state index in [9.17, 15) is 18.5 Å². The number of rotatable bonds is 4. The number of nitrogens with zero attached hydrogens (tertiary/aromatic N) is 1. The summed E-state index contributed by atoms with van der Waals surface area (Å²) in [4.78, 5) is 10.2. The summed E-state index contributed by atoms with van der Waals surface area (Å²) >= 11 is 0. The fraction of sp³-hybridized carbons (Fsp3) is 0.0769. The normalized spacial score (nSPS) is 11.1. The molecule has 2 rings (SSSR count). The van der Waals surface area contributed by atoms with Crippen LogP contribution in [0, 0.1) is 17.0 Å². The molecule has 0 unspecified atom stereocenters. The molecule has 0 radical (unpaired) electrons. The first-order valence-electron chi connectivity index (χ1n) is 5.72. The maximum absolute atomic E-state index is 12.2. The van der Waals surface area contributed by atoms with Gasteiger partial charge in [-0.3, -0.25) is 14.8 Å². The zero-order valence-corrected chi connectivity index (χ0v) is 11.4. The van der Waals surface area contributed by atoms with Gasteiger partial charge in [-0.1, -0.05) is 18.2 Å². The van der Waals surface area contributed by atoms with Crippen LogP contribution in [0.2, 0.25) is 0 Å². The molecule has 0 aliphatic carbocycles. The van der Waals surface area contributed by atoms with E-state index in [1.807, 2.05) is 0 Å². The Kier molecular flexibility index (Phi) is 3.71. The number of non-ortho nitro benzene ring substituents is 1. The number of anilines is 1. The van der Waals surface area contributed by atoms with Gasteiger partial charge in [0.2, 0.25) is 0 Å². The van der Waals surface area contributed by atoms with Crippen molar-refractivity contribution in [3.05, 3.63) is 64.2 Å². The van der Waals surface area contributed by atoms with Crippen molar-refractivity contribution in [2.45, 2.75) is 11.8 Å². The molecule has 0 amide bonds. The summed E-state index contributed by atoms with van der Waals surface area (Å²) in [7, 11) is -3.75. The van der Waals surface area contributed by atoms with Gasteiger partial charge in [0.25, 0.3) is 15.7 Å². The standard InChI is InChI=1S/C13H12N2O4S/c1-10-4-2-7-13(8-10)20(18,19)14-11-5-3-6-12(9-11)15(16)17/h2-9,14H,1H3. The van der Waals surface area contributed by atoms with Crippen molar-refractivity contribution < 1.29 is 13.3 Å². The predicted molar refractivity (Wildman–Crippen MR) is 75.1 cm³/mol. The van der Waals surface area contributed by atoms with Crippen molar-refractivity contribution in [1.29, 1.82) is 0 Å². The number of hydrogen-bond acceptors (Lipinski definition) is 4. The van der Waals surface area contributed by atoms with Crippen LogP contribution >= 0.6 is 0 Å². The fourth-order valence-corrected chi connectivity index (χ4v) is 2.83. The van der Waals surface area contributed by atoms with Gasteiger partial charge in [0.05, 0.1) is 15.5 Å². The van der Waals surface area contributed by atoms with Crippen LogP contribution in [0.1, 0.15) is 5.56 Å². The zero-order valence-electron chi connectivity index (χ0n) is 10.6. The maximum Gasteiger partial charge on any atom is 0.271 e. The Bertz CT molecular complexity index is 756. The van der Waals surface area contributed by atoms with Gasteiger partial charge in [0, 0.05) is 12.1 Å². The van der Waals surface area contributed by atoms with Crippen molar-refractivity contribution in [3.63, 3.8) is 0 Å². The number of benzene rings is 2. The van der Waals surface area contributed by atoms with E-state index < -0.39 is 14.9 Å². The van der Waals surface area contributed by atoms with E-state index in [1.54, 1.807) is 19.1 Å². The third-order valence-electron chi connectivity index (χ3n) is 2.61. The van der Waals surface area contributed by atoms with Crippen LogP contribution in [-0.2, 0) is 10.0 Å². The highest BCUT2D eigenvalue weighted by atomic mass is 32.2. The molecule has 0 aliphatic heterocycles. The lowest BCUT2D eigenvalue weighted by atomic mass is 10.2. The molecule has 0 aliphatic rings. The van der Waals surface area contributed by atoms with Crippen LogP contribution in [-0.4, -0.2) is 13.3 Å². The summed E-state index contributed by atoms with van der Waals surface area (Å²) in [6.07, 6.45) is 0. The van der Waals surface area contributed by atoms with Gasteiger partial charge in [-0.05, 0) is 30.7 Å². The molecule has 0 heterocycles. The zero-order chi connectivity index (χ0) is 14.8. The third kappa shape index (κ3) is 3.12. The molecule has 7 heteroatoms. The lowest BCUT2D eigenvalue weighted by molar-refractivity contribution is -0.384. The SMILES string of the molecule is Cc1cccc(S(=O)(=O)Nc2cccc([N+](=O)[O-])c2)c1. The minimum absolute atomic E-state index is 0.115. The summed E-state index contributed by atoms with van der Waals surface area (Å²) in [5.41, 5.74) is 0.794. The molecule has 20 heavy (non-hydrogen) atoms. The van der Waals surface area contributed by atoms with E-state index in [0.717, 1.165) is 5.56 Å². The van der Waals surface area contributed by atoms with Gasteiger partial charge in [-0.2, -0.15) is 0 Å². The molecule has 0 saturated heterocycles. The number of nitro benzene ring substituents is 1. The van der Waals surface area contributed by atoms with Crippen LogP contribution in [0.5, 0.6) is 0 Å². The molecule has 6 nitrogen and oxygen atoms in total. The maximum atomic E-state index is 12.2. The summed E-state index contributed by atoms with van der Waals surface area (Å²) in [5.74, 6) is 0. The lowest BCUT2D eigenvalue weighted by Crippen LogP contribution is -2.13. The van der Waals surface area contributed by atoms with Gasteiger partial charge >= 0.3 is 0 Å². The molecular weight excluding hydrogens is 280 g/mol. The molecule has 0 bridgehead atoms. The van der Waals surface area contributed by atoms with Gasteiger partial charge in [-0.25, -0.2) is 8.42 Å². The summed E-state index contributed by atoms with van der Waals surface area (Å²) in [6, 6.07) is 11.8. The van der Waals surface area contributed by atoms with Crippen LogP contribution in [0.15, 0.2) is 53.4 Å². The molecule has 104 valence electrons. The molecule has 0 aromatic heterocycles. The number of aryl methyl sites for hydroxylation is 1. The van der Waals surface area contributed by atoms with E-state index in [1.165, 1.54) is 36.4 Å². The second kappa shape index (κ2) is 5.30. The highest BCUT2D eigenvalue weighted by Gasteiger charge is 2.15. The monoisotopic (exact) mass is 292 g/mol. The highest BCUT2D eigenvalue weighted by molar-refractivity contribution is 7.92. The lowest BCUT2D eigenvalue weighted by Gasteiger charge is -2.08. The average molecular weight is 292 g/mol. The minimum Gasteiger partial charge on any atom is -0.279 e. The highest BCUT2D eigenvalue weighted by Crippen LogP contribution is 2.21. The Morgan fingerprint density at radius 2 is 1.80 bits per heavy atom. The van der Waals surface area contributed by atoms with Crippen LogP contribution < -0.4 is 4.72 Å². The average Bonchev–Trinajstić information content (AvgIpc) is 2.38. The number of nitro groups is 1. The molecule has 0 atom stereocenters. The number of hydrogen-bond donors (Lipinski definition) is 1. The summed E-state index contributed by atoms with van der Waals surface area (Å²) < 4.78 is 26.6. The molecule has 2 aromatic carbocycles. The van der Waals surface area contributed by atoms with Crippen molar-refractivity contribution in [2.24, 2.45) is 0 Å². The van der Waals surface area contributed by atoms with E-state index in [-0.39, 0.29) is 16.3 Å². The van der Waals surface area contributed by atoms with E-state index in [2.05, 4.69) is 4.72 Å². The molecule has 2 aromatic rings. The molecule has 0 saturated carbocycles. The van der Waals surface area contributed by atoms with Gasteiger partial charge in [0.1, 0.15) is 0 Å². The van der Waals surface area contributed by atoms with Crippen LogP contribution in [0.25, 0.3) is 0 Å². The molecule has 0 fully saturated rings. The van der Waals surface area contributed by atoms with Gasteiger partial charge < -0.3 is 0 Å².